The minimum absolute atomic E-state index is 0.176. The van der Waals surface area contributed by atoms with Crippen LogP contribution in [0.25, 0.3) is 0 Å². The zero-order valence-electron chi connectivity index (χ0n) is 16.7. The molecule has 1 fully saturated rings. The summed E-state index contributed by atoms with van der Waals surface area (Å²) in [5, 5.41) is 13.9. The predicted octanol–water partition coefficient (Wildman–Crippen LogP) is 3.35. The zero-order valence-corrected chi connectivity index (χ0v) is 16.7. The van der Waals surface area contributed by atoms with Crippen molar-refractivity contribution in [3.8, 4) is 11.5 Å². The molecule has 30 heavy (non-hydrogen) atoms. The van der Waals surface area contributed by atoms with E-state index in [1.165, 1.54) is 12.5 Å². The van der Waals surface area contributed by atoms with E-state index in [0.29, 0.717) is 23.6 Å². The van der Waals surface area contributed by atoms with Crippen molar-refractivity contribution in [1.29, 1.82) is 0 Å². The average molecular weight is 410 g/mol. The van der Waals surface area contributed by atoms with Crippen LogP contribution in [0.15, 0.2) is 61.1 Å². The Balaban J connectivity index is 1.44. The maximum absolute atomic E-state index is 12.5. The molecule has 158 valence electrons. The van der Waals surface area contributed by atoms with Crippen LogP contribution in [0.3, 0.4) is 0 Å². The van der Waals surface area contributed by atoms with Crippen molar-refractivity contribution in [2.45, 2.75) is 31.6 Å². The van der Waals surface area contributed by atoms with E-state index in [1.807, 2.05) is 30.3 Å². The molecule has 2 N–H and O–H groups in total. The van der Waals surface area contributed by atoms with Crippen molar-refractivity contribution in [1.82, 2.24) is 10.2 Å². The Bertz CT molecular complexity index is 880. The molecule has 4 rings (SSSR count). The molecule has 0 saturated carbocycles. The van der Waals surface area contributed by atoms with E-state index in [2.05, 4.69) is 10.2 Å². The first kappa shape index (κ1) is 20.3. The topological polar surface area (TPSA) is 80.3 Å². The largest absolute Gasteiger partial charge is 0.458 e. The fourth-order valence-electron chi connectivity index (χ4n) is 3.72. The number of hydrogen-bond acceptors (Lipinski definition) is 6. The number of benzene rings is 2. The van der Waals surface area contributed by atoms with Crippen LogP contribution in [0.4, 0.5) is 4.79 Å². The van der Waals surface area contributed by atoms with Crippen LogP contribution in [-0.4, -0.2) is 41.8 Å². The highest BCUT2D eigenvalue weighted by Crippen LogP contribution is 2.34. The van der Waals surface area contributed by atoms with E-state index >= 15 is 0 Å². The molecular formula is C23H26N2O5. The number of likely N-dealkylation sites (tertiary alicyclic amines) is 1. The molecule has 0 aromatic heterocycles. The van der Waals surface area contributed by atoms with Crippen molar-refractivity contribution in [2.24, 2.45) is 0 Å². The number of ether oxygens (including phenoxy) is 3. The van der Waals surface area contributed by atoms with Crippen LogP contribution in [0.5, 0.6) is 11.5 Å². The third-order valence-corrected chi connectivity index (χ3v) is 5.31. The summed E-state index contributed by atoms with van der Waals surface area (Å²) in [6.07, 6.45) is 3.67. The van der Waals surface area contributed by atoms with E-state index < -0.39 is 18.2 Å². The molecule has 2 aliphatic rings. The highest BCUT2D eigenvalue weighted by atomic mass is 16.6. The lowest BCUT2D eigenvalue weighted by Gasteiger charge is -2.28. The fraction of sp³-hybridized carbons (Fsp3) is 0.348. The number of amides is 1. The first-order chi connectivity index (χ1) is 14.7. The summed E-state index contributed by atoms with van der Waals surface area (Å²) >= 11 is 0. The Hall–Kier alpha value is -3.03. The predicted molar refractivity (Wildman–Crippen MR) is 111 cm³/mol. The van der Waals surface area contributed by atoms with E-state index in [9.17, 15) is 9.90 Å². The van der Waals surface area contributed by atoms with Gasteiger partial charge in [0.1, 0.15) is 25.2 Å². The van der Waals surface area contributed by atoms with Gasteiger partial charge in [0.25, 0.3) is 0 Å². The molecule has 0 bridgehead atoms. The molecule has 0 radical (unpaired) electrons. The molecule has 1 saturated heterocycles. The SMILES string of the molecule is O=C(N[C@H](CN1CCCC1)[C@H](O)c1ccc2c(c1)OC=CO2)OCc1ccccc1. The van der Waals surface area contributed by atoms with Gasteiger partial charge >= 0.3 is 6.09 Å². The Labute approximate surface area is 175 Å². The molecule has 0 aliphatic carbocycles. The molecule has 2 aromatic carbocycles. The summed E-state index contributed by atoms with van der Waals surface area (Å²) in [5.41, 5.74) is 1.55. The molecule has 2 aliphatic heterocycles. The summed E-state index contributed by atoms with van der Waals surface area (Å²) < 4.78 is 16.2. The Kier molecular flexibility index (Phi) is 6.51. The number of aliphatic hydroxyl groups excluding tert-OH is 1. The molecule has 2 aromatic rings. The quantitative estimate of drug-likeness (QED) is 0.729. The van der Waals surface area contributed by atoms with Gasteiger partial charge < -0.3 is 29.5 Å². The maximum atomic E-state index is 12.5. The number of fused-ring (bicyclic) bond motifs is 1. The monoisotopic (exact) mass is 410 g/mol. The molecule has 2 heterocycles. The number of hydrogen-bond donors (Lipinski definition) is 2. The normalized spacial score (nSPS) is 17.4. The van der Waals surface area contributed by atoms with Gasteiger partial charge in [-0.1, -0.05) is 36.4 Å². The summed E-state index contributed by atoms with van der Waals surface area (Å²) in [6.45, 7) is 2.62. The molecule has 0 spiro atoms. The zero-order chi connectivity index (χ0) is 20.8. The number of aliphatic hydroxyl groups is 1. The van der Waals surface area contributed by atoms with Gasteiger partial charge in [0.15, 0.2) is 11.5 Å². The van der Waals surface area contributed by atoms with E-state index in [1.54, 1.807) is 18.2 Å². The van der Waals surface area contributed by atoms with Gasteiger partial charge in [0, 0.05) is 6.54 Å². The first-order valence-corrected chi connectivity index (χ1v) is 10.2. The van der Waals surface area contributed by atoms with Crippen LogP contribution < -0.4 is 14.8 Å². The van der Waals surface area contributed by atoms with Crippen LogP contribution >= 0.6 is 0 Å². The molecule has 7 nitrogen and oxygen atoms in total. The van der Waals surface area contributed by atoms with Crippen LogP contribution in [-0.2, 0) is 11.3 Å². The summed E-state index contributed by atoms with van der Waals surface area (Å²) in [4.78, 5) is 14.7. The second kappa shape index (κ2) is 9.65. The number of nitrogens with zero attached hydrogens (tertiary/aromatic N) is 1. The van der Waals surface area contributed by atoms with E-state index in [4.69, 9.17) is 14.2 Å². The average Bonchev–Trinajstić information content (AvgIpc) is 3.30. The van der Waals surface area contributed by atoms with Crippen molar-refractivity contribution >= 4 is 6.09 Å². The number of alkyl carbamates (subject to hydrolysis) is 1. The number of carbonyl (C=O) groups excluding carboxylic acids is 1. The number of rotatable bonds is 7. The van der Waals surface area contributed by atoms with Crippen molar-refractivity contribution < 1.29 is 24.1 Å². The van der Waals surface area contributed by atoms with Gasteiger partial charge in [-0.05, 0) is 49.2 Å². The van der Waals surface area contributed by atoms with Gasteiger partial charge in [-0.15, -0.1) is 0 Å². The molecular weight excluding hydrogens is 384 g/mol. The molecule has 1 amide bonds. The van der Waals surface area contributed by atoms with Gasteiger partial charge in [-0.25, -0.2) is 4.79 Å². The van der Waals surface area contributed by atoms with Gasteiger partial charge in [-0.2, -0.15) is 0 Å². The smallest absolute Gasteiger partial charge is 0.407 e. The third-order valence-electron chi connectivity index (χ3n) is 5.31. The Morgan fingerprint density at radius 2 is 1.80 bits per heavy atom. The summed E-state index contributed by atoms with van der Waals surface area (Å²) in [7, 11) is 0. The minimum atomic E-state index is -0.922. The maximum Gasteiger partial charge on any atom is 0.407 e. The number of nitrogens with one attached hydrogen (secondary N) is 1. The van der Waals surface area contributed by atoms with Crippen LogP contribution in [0, 0.1) is 0 Å². The fourth-order valence-corrected chi connectivity index (χ4v) is 3.72. The van der Waals surface area contributed by atoms with E-state index in [0.717, 1.165) is 31.5 Å². The van der Waals surface area contributed by atoms with Crippen LogP contribution in [0.1, 0.15) is 30.1 Å². The standard InChI is InChI=1S/C23H26N2O5/c26-22(18-8-9-20-21(14-18)29-13-12-28-20)19(15-25-10-4-5-11-25)24-23(27)30-16-17-6-2-1-3-7-17/h1-3,6-9,12-14,19,22,26H,4-5,10-11,15-16H2,(H,24,27)/t19-,22-/m1/s1. The lowest BCUT2D eigenvalue weighted by Crippen LogP contribution is -2.46. The van der Waals surface area contributed by atoms with Crippen molar-refractivity contribution in [2.75, 3.05) is 19.6 Å². The van der Waals surface area contributed by atoms with Gasteiger partial charge in [0.2, 0.25) is 0 Å². The molecule has 2 atom stereocenters. The molecule has 7 heteroatoms. The van der Waals surface area contributed by atoms with Crippen molar-refractivity contribution in [3.63, 3.8) is 0 Å². The van der Waals surface area contributed by atoms with E-state index in [-0.39, 0.29) is 6.61 Å². The summed E-state index contributed by atoms with van der Waals surface area (Å²) in [6, 6.07) is 14.2. The highest BCUT2D eigenvalue weighted by molar-refractivity contribution is 5.67. The minimum Gasteiger partial charge on any atom is -0.458 e. The summed E-state index contributed by atoms with van der Waals surface area (Å²) in [5.74, 6) is 1.11. The van der Waals surface area contributed by atoms with Gasteiger partial charge in [-0.3, -0.25) is 0 Å². The second-order valence-electron chi connectivity index (χ2n) is 7.48. The van der Waals surface area contributed by atoms with Crippen molar-refractivity contribution in [3.05, 3.63) is 72.2 Å². The van der Waals surface area contributed by atoms with Gasteiger partial charge in [0.05, 0.1) is 6.04 Å². The third kappa shape index (κ3) is 5.11. The lowest BCUT2D eigenvalue weighted by atomic mass is 10.0. The first-order valence-electron chi connectivity index (χ1n) is 10.2. The lowest BCUT2D eigenvalue weighted by molar-refractivity contribution is 0.0881. The van der Waals surface area contributed by atoms with Crippen LogP contribution in [0.2, 0.25) is 0 Å². The second-order valence-corrected chi connectivity index (χ2v) is 7.48. The highest BCUT2D eigenvalue weighted by Gasteiger charge is 2.28. The Morgan fingerprint density at radius 1 is 1.07 bits per heavy atom. The number of carbonyl (C=O) groups is 1. The Morgan fingerprint density at radius 3 is 2.57 bits per heavy atom. The molecule has 0 unspecified atom stereocenters.